The number of benzene rings is 2. The Morgan fingerprint density at radius 1 is 1.12 bits per heavy atom. The molecule has 0 aliphatic carbocycles. The van der Waals surface area contributed by atoms with Crippen LogP contribution >= 0.6 is 21.0 Å². The van der Waals surface area contributed by atoms with Gasteiger partial charge in [0.25, 0.3) is 0 Å². The molecule has 2 amide bonds. The van der Waals surface area contributed by atoms with Gasteiger partial charge < -0.3 is 14.7 Å². The summed E-state index contributed by atoms with van der Waals surface area (Å²) in [5.41, 5.74) is 2.19. The van der Waals surface area contributed by atoms with Crippen molar-refractivity contribution in [1.29, 1.82) is 0 Å². The topological polar surface area (TPSA) is 65.4 Å². The lowest BCUT2D eigenvalue weighted by Crippen LogP contribution is -2.49. The number of hydrogen-bond acceptors (Lipinski definition) is 4. The molecule has 6 nitrogen and oxygen atoms in total. The van der Waals surface area contributed by atoms with E-state index in [1.807, 2.05) is 40.4 Å². The molecule has 0 aromatic heterocycles. The maximum Gasteiger partial charge on any atom is 0.573 e. The maximum atomic E-state index is 13.2. The van der Waals surface area contributed by atoms with Crippen molar-refractivity contribution in [1.82, 2.24) is 8.12 Å². The Morgan fingerprint density at radius 2 is 1.84 bits per heavy atom. The number of amides is 2. The Balaban J connectivity index is 1.48. The van der Waals surface area contributed by atoms with E-state index in [9.17, 15) is 23.1 Å². The number of ether oxygens (including phenoxy) is 1. The number of carbonyl (C=O) groups excluding carboxylic acids is 1. The third-order valence-electron chi connectivity index (χ3n) is 4.85. The van der Waals surface area contributed by atoms with E-state index in [1.165, 1.54) is 27.5 Å². The first kappa shape index (κ1) is 22.5. The quantitative estimate of drug-likeness (QED) is 0.348. The zero-order chi connectivity index (χ0) is 22.7. The average Bonchev–Trinajstić information content (AvgIpc) is 3.25. The first-order valence-corrected chi connectivity index (χ1v) is 11.9. The van der Waals surface area contributed by atoms with Crippen molar-refractivity contribution >= 4 is 36.8 Å². The van der Waals surface area contributed by atoms with Crippen molar-refractivity contribution in [3.8, 4) is 5.75 Å². The predicted molar refractivity (Wildman–Crippen MR) is 123 cm³/mol. The molecule has 168 valence electrons. The molecule has 0 fully saturated rings. The van der Waals surface area contributed by atoms with Gasteiger partial charge in [-0.25, -0.2) is 4.79 Å². The van der Waals surface area contributed by atoms with Gasteiger partial charge in [0.2, 0.25) is 0 Å². The van der Waals surface area contributed by atoms with Crippen molar-refractivity contribution in [2.75, 3.05) is 6.54 Å². The van der Waals surface area contributed by atoms with Gasteiger partial charge in [0.05, 0.1) is 24.4 Å². The van der Waals surface area contributed by atoms with E-state index in [1.54, 1.807) is 11.0 Å². The second-order valence-electron chi connectivity index (χ2n) is 7.17. The molecule has 0 unspecified atom stereocenters. The molecule has 0 spiro atoms. The fraction of sp³-hybridized carbons (Fsp3) is 0.227. The summed E-state index contributed by atoms with van der Waals surface area (Å²) in [6.45, 7) is 0.168. The molecule has 2 aromatic carbocycles. The lowest BCUT2D eigenvalue weighted by atomic mass is 10.0. The van der Waals surface area contributed by atoms with Gasteiger partial charge in [-0.05, 0) is 36.2 Å². The van der Waals surface area contributed by atoms with Crippen LogP contribution in [-0.2, 0) is 6.42 Å². The molecule has 0 saturated heterocycles. The van der Waals surface area contributed by atoms with E-state index < -0.39 is 33.5 Å². The Bertz CT molecular complexity index is 1060. The number of carbonyl (C=O) groups is 1. The molecule has 4 rings (SSSR count). The van der Waals surface area contributed by atoms with Crippen molar-refractivity contribution in [3.05, 3.63) is 77.9 Å². The molecule has 0 radical (unpaired) electrons. The van der Waals surface area contributed by atoms with Gasteiger partial charge in [-0.2, -0.15) is 8.32 Å². The lowest BCUT2D eigenvalue weighted by Gasteiger charge is -2.35. The van der Waals surface area contributed by atoms with Gasteiger partial charge in [0.1, 0.15) is 5.75 Å². The number of aliphatic hydroxyl groups excluding tert-OH is 1. The summed E-state index contributed by atoms with van der Waals surface area (Å²) < 4.78 is 44.1. The van der Waals surface area contributed by atoms with Crippen LogP contribution in [-0.4, -0.2) is 54.0 Å². The summed E-state index contributed by atoms with van der Waals surface area (Å²) in [5.74, 6) is -0.319. The number of hydrazone groups is 1. The van der Waals surface area contributed by atoms with Crippen LogP contribution in [0, 0.1) is 0 Å². The van der Waals surface area contributed by atoms with Crippen LogP contribution < -0.4 is 4.74 Å². The van der Waals surface area contributed by atoms with Crippen LogP contribution in [0.4, 0.5) is 18.0 Å². The van der Waals surface area contributed by atoms with Crippen molar-refractivity contribution in [3.63, 3.8) is 0 Å². The third kappa shape index (κ3) is 5.54. The van der Waals surface area contributed by atoms with Crippen LogP contribution in [0.2, 0.25) is 0 Å². The van der Waals surface area contributed by atoms with Crippen molar-refractivity contribution in [2.24, 2.45) is 5.10 Å². The number of alkyl halides is 3. The molecule has 1 N–H and O–H groups in total. The van der Waals surface area contributed by atoms with Gasteiger partial charge >= 0.3 is 12.4 Å². The van der Waals surface area contributed by atoms with Gasteiger partial charge in [-0.3, -0.25) is 0 Å². The van der Waals surface area contributed by atoms with Crippen LogP contribution in [0.25, 0.3) is 0 Å². The summed E-state index contributed by atoms with van der Waals surface area (Å²) in [4.78, 5) is 14.8. The molecule has 32 heavy (non-hydrogen) atoms. The monoisotopic (exact) mass is 557 g/mol. The highest BCUT2D eigenvalue weighted by atomic mass is 127. The number of rotatable bonds is 4. The molecular formula is C22H19F3IN3O3. The zero-order valence-electron chi connectivity index (χ0n) is 16.6. The van der Waals surface area contributed by atoms with Gasteiger partial charge in [0.15, 0.2) is 0 Å². The molecule has 2 aliphatic rings. The first-order chi connectivity index (χ1) is 15.3. The second-order valence-corrected chi connectivity index (χ2v) is 9.26. The number of aliphatic hydroxyl groups is 1. The van der Waals surface area contributed by atoms with Crippen molar-refractivity contribution in [2.45, 2.75) is 24.9 Å². The highest BCUT2D eigenvalue weighted by Gasteiger charge is 2.32. The third-order valence-corrected chi connectivity index (χ3v) is 6.88. The summed E-state index contributed by atoms with van der Waals surface area (Å²) in [6, 6.07) is 14.6. The average molecular weight is 557 g/mol. The number of nitrogens with zero attached hydrogens (tertiary/aromatic N) is 3. The zero-order valence-corrected chi connectivity index (χ0v) is 18.8. The van der Waals surface area contributed by atoms with Crippen LogP contribution in [0.15, 0.2) is 71.9 Å². The van der Waals surface area contributed by atoms with E-state index in [2.05, 4.69) is 9.84 Å². The molecule has 10 heteroatoms. The fourth-order valence-corrected chi connectivity index (χ4v) is 5.27. The molecule has 0 bridgehead atoms. The Kier molecular flexibility index (Phi) is 6.60. The van der Waals surface area contributed by atoms with Gasteiger partial charge in [-0.1, -0.05) is 42.5 Å². The van der Waals surface area contributed by atoms with E-state index in [0.717, 1.165) is 5.56 Å². The molecule has 2 atom stereocenters. The Morgan fingerprint density at radius 3 is 2.53 bits per heavy atom. The van der Waals surface area contributed by atoms with Crippen molar-refractivity contribution < 1.29 is 27.8 Å². The largest absolute Gasteiger partial charge is 0.573 e. The molecule has 0 saturated carbocycles. The highest BCUT2D eigenvalue weighted by Crippen LogP contribution is 2.26. The minimum absolute atomic E-state index is 0.168. The molecule has 2 heterocycles. The fourth-order valence-electron chi connectivity index (χ4n) is 3.38. The van der Waals surface area contributed by atoms with Crippen LogP contribution in [0.3, 0.4) is 0 Å². The van der Waals surface area contributed by atoms with E-state index >= 15 is 0 Å². The lowest BCUT2D eigenvalue weighted by molar-refractivity contribution is -0.274. The van der Waals surface area contributed by atoms with Crippen LogP contribution in [0.5, 0.6) is 5.75 Å². The normalized spacial score (nSPS) is 20.7. The van der Waals surface area contributed by atoms with Crippen LogP contribution in [0.1, 0.15) is 11.1 Å². The molecular weight excluding hydrogens is 538 g/mol. The Hall–Kier alpha value is -2.73. The van der Waals surface area contributed by atoms with E-state index in [0.29, 0.717) is 17.7 Å². The summed E-state index contributed by atoms with van der Waals surface area (Å²) in [5, 5.41) is 14.5. The first-order valence-electron chi connectivity index (χ1n) is 9.71. The van der Waals surface area contributed by atoms with E-state index in [-0.39, 0.29) is 24.4 Å². The predicted octanol–water partition coefficient (Wildman–Crippen LogP) is 4.26. The SMILES string of the molecule is O=C(N1N=C(c2ccc(OC(F)(F)F)cc2)C=I1)N1C[C@H](O)C=C[C@@H]1Cc1ccccc1. The second kappa shape index (κ2) is 9.41. The minimum atomic E-state index is -4.75. The van der Waals surface area contributed by atoms with Gasteiger partial charge in [-0.15, -0.1) is 13.2 Å². The minimum Gasteiger partial charge on any atom is -0.406 e. The summed E-state index contributed by atoms with van der Waals surface area (Å²) >= 11 is -0.886. The standard InChI is InChI=1S/C22H19F3IN3O3/c23-22(24,25)32-19-10-6-16(7-11-19)20-13-26-29(27-20)21(31)28-14-18(30)9-8-17(28)12-15-4-2-1-3-5-15/h1-11,13,17-18,30H,12,14H2/t17-,18-/m1/s1. The molecule has 2 aromatic rings. The van der Waals surface area contributed by atoms with E-state index in [4.69, 9.17) is 0 Å². The summed E-state index contributed by atoms with van der Waals surface area (Å²) in [6.07, 6.45) is -1.36. The van der Waals surface area contributed by atoms with Gasteiger partial charge in [0, 0.05) is 30.6 Å². The highest BCUT2D eigenvalue weighted by molar-refractivity contribution is 14.2. The summed E-state index contributed by atoms with van der Waals surface area (Å²) in [7, 11) is 0. The smallest absolute Gasteiger partial charge is 0.406 e. The number of urea groups is 1. The number of hydrogen-bond donors (Lipinski definition) is 1. The number of β-amino-alcohol motifs (C(OH)–C–C–N with tert-alkyl or cyclic N) is 1. The molecule has 2 aliphatic heterocycles. The number of halogens is 4. The Labute approximate surface area is 192 Å². The maximum absolute atomic E-state index is 13.2.